The molecule has 6 amide bonds. The standard InChI is InChI=1S/C66H42N12O6S18/c79-49(76-40-4-1-13-67-46(40)37-10-7-34(25-70-37)73-52(82)43-28-91-61(94-43)64-97-55-56(98-64)86-17-16-85-55)31-22-32(50(80)77-41-5-2-14-68-47(41)38-11-8-35(26-71-38)74-53(83)44-29-92-62(95-44)65-99-57-58(100-65)88-19-18-87-57)24-33(23-31)51(81)78-42-6-3-15-69-48(42)39-12-9-36(27-72-39)75-54(84)45-30-93-63(96-45)66-101-59-60(102-66)90-21-20-89-59/h1-15,22-30H,16-21H2,(H,73,82)(H,74,83)(H,75,84)(H,76,79)(H,77,80)(H,78,81). The molecule has 9 aliphatic rings. The number of nitrogens with one attached hydrogen (secondary N) is 6. The first-order chi connectivity index (χ1) is 49.9. The van der Waals surface area contributed by atoms with Gasteiger partial charge in [0.25, 0.3) is 35.4 Å². The minimum absolute atomic E-state index is 0.0632. The van der Waals surface area contributed by atoms with Gasteiger partial charge in [0.2, 0.25) is 0 Å². The number of aromatic nitrogens is 6. The van der Waals surface area contributed by atoms with Crippen LogP contribution in [0, 0.1) is 0 Å². The van der Waals surface area contributed by atoms with Gasteiger partial charge in [0.05, 0.1) is 135 Å². The summed E-state index contributed by atoms with van der Waals surface area (Å²) in [7, 11) is 0. The first-order valence-corrected chi connectivity index (χ1v) is 46.0. The molecule has 7 aromatic rings. The summed E-state index contributed by atoms with van der Waals surface area (Å²) in [6.07, 6.45) is 9.25. The second-order valence-corrected chi connectivity index (χ2v) is 42.9. The van der Waals surface area contributed by atoms with Gasteiger partial charge in [-0.15, -0.1) is 70.6 Å². The van der Waals surface area contributed by atoms with Crippen molar-refractivity contribution in [3.8, 4) is 34.2 Å². The molecule has 0 bridgehead atoms. The van der Waals surface area contributed by atoms with Gasteiger partial charge in [0, 0.05) is 69.8 Å². The second-order valence-electron chi connectivity index (χ2n) is 21.3. The minimum atomic E-state index is -0.689. The van der Waals surface area contributed by atoms with Crippen molar-refractivity contribution in [2.45, 2.75) is 0 Å². The molecule has 0 spiro atoms. The van der Waals surface area contributed by atoms with Crippen molar-refractivity contribution in [2.24, 2.45) is 0 Å². The van der Waals surface area contributed by atoms with Crippen LogP contribution in [0.3, 0.4) is 0 Å². The first-order valence-electron chi connectivity index (χ1n) is 30.1. The van der Waals surface area contributed by atoms with E-state index in [0.717, 1.165) is 47.2 Å². The molecule has 0 aliphatic carbocycles. The highest BCUT2D eigenvalue weighted by Crippen LogP contribution is 2.66. The first kappa shape index (κ1) is 71.2. The van der Waals surface area contributed by atoms with Gasteiger partial charge >= 0.3 is 0 Å². The van der Waals surface area contributed by atoms with E-state index < -0.39 is 17.7 Å². The van der Waals surface area contributed by atoms with Gasteiger partial charge in [-0.2, -0.15) is 0 Å². The van der Waals surface area contributed by atoms with Gasteiger partial charge in [-0.1, -0.05) is 141 Å². The SMILES string of the molecule is O=C(Nc1ccc(-c2ncccc2NC(=O)c2cc(C(=O)Nc3cccnc3-c3ccc(NC(=O)C4=CSC(=C5SC6=C(SCCS6)S5)S4)cn3)cc(C(=O)Nc3cccnc3-c3ccc(NC(=O)C4=CSC(=C5SC6=C(SCCS6)S5)S4)cn3)c2)nc1)C1=CSC(=C2SC3=C(SCCS3)S2)S1. The molecule has 1 aromatic carbocycles. The fraction of sp³-hybridized carbons (Fsp3) is 0.0909. The minimum Gasteiger partial charge on any atom is -0.320 e. The van der Waals surface area contributed by atoms with Crippen LogP contribution in [-0.2, 0) is 14.4 Å². The van der Waals surface area contributed by atoms with Gasteiger partial charge in [0.1, 0.15) is 17.1 Å². The lowest BCUT2D eigenvalue weighted by Crippen LogP contribution is -2.20. The Kier molecular flexibility index (Phi) is 22.7. The molecule has 6 N–H and O–H groups in total. The maximum absolute atomic E-state index is 14.8. The third kappa shape index (κ3) is 16.4. The number of benzene rings is 1. The van der Waals surface area contributed by atoms with Crippen LogP contribution < -0.4 is 31.9 Å². The molecule has 0 unspecified atom stereocenters. The molecule has 18 nitrogen and oxygen atoms in total. The predicted molar refractivity (Wildman–Crippen MR) is 451 cm³/mol. The molecule has 0 saturated carbocycles. The number of pyridine rings is 6. The van der Waals surface area contributed by atoms with Crippen LogP contribution in [0.4, 0.5) is 34.1 Å². The zero-order valence-electron chi connectivity index (χ0n) is 51.6. The van der Waals surface area contributed by atoms with Crippen LogP contribution in [-0.4, -0.2) is 99.9 Å². The van der Waals surface area contributed by atoms with E-state index in [0.29, 0.717) is 65.9 Å². The van der Waals surface area contributed by atoms with Crippen molar-refractivity contribution in [3.05, 3.63) is 227 Å². The second kappa shape index (κ2) is 32.5. The fourth-order valence-electron chi connectivity index (χ4n) is 9.88. The van der Waals surface area contributed by atoms with Gasteiger partial charge in [0.15, 0.2) is 0 Å². The van der Waals surface area contributed by atoms with Crippen LogP contribution >= 0.6 is 212 Å². The van der Waals surface area contributed by atoms with Gasteiger partial charge in [-0.05, 0) is 107 Å². The largest absolute Gasteiger partial charge is 0.320 e. The third-order valence-corrected chi connectivity index (χ3v) is 40.6. The smallest absolute Gasteiger partial charge is 0.263 e. The quantitative estimate of drug-likeness (QED) is 0.0558. The van der Waals surface area contributed by atoms with Crippen LogP contribution in [0.2, 0.25) is 0 Å². The van der Waals surface area contributed by atoms with E-state index in [1.165, 1.54) is 110 Å². The van der Waals surface area contributed by atoms with Crippen molar-refractivity contribution in [2.75, 3.05) is 66.4 Å². The molecule has 15 heterocycles. The molecule has 36 heteroatoms. The Morgan fingerprint density at radius 1 is 0.284 bits per heavy atom. The number of thioether (sulfide) groups is 18. The highest BCUT2D eigenvalue weighted by molar-refractivity contribution is 8.45. The predicted octanol–water partition coefficient (Wildman–Crippen LogP) is 20.2. The van der Waals surface area contributed by atoms with Crippen molar-refractivity contribution in [1.82, 2.24) is 29.9 Å². The van der Waals surface area contributed by atoms with Crippen molar-refractivity contribution in [1.29, 1.82) is 0 Å². The molecular formula is C66H42N12O6S18. The highest BCUT2D eigenvalue weighted by atomic mass is 32.3. The normalized spacial score (nSPS) is 17.8. The number of amides is 6. The molecule has 16 rings (SSSR count). The lowest BCUT2D eigenvalue weighted by atomic mass is 10.0. The molecule has 0 saturated heterocycles. The van der Waals surface area contributed by atoms with E-state index in [9.17, 15) is 28.8 Å². The average molecular weight is 1680 g/mol. The van der Waals surface area contributed by atoms with E-state index >= 15 is 0 Å². The Morgan fingerprint density at radius 3 is 0.814 bits per heavy atom. The van der Waals surface area contributed by atoms with E-state index in [1.54, 1.807) is 197 Å². The van der Waals surface area contributed by atoms with Crippen LogP contribution in [0.5, 0.6) is 0 Å². The summed E-state index contributed by atoms with van der Waals surface area (Å²) < 4.78 is 14.9. The Hall–Kier alpha value is -5.10. The Balaban J connectivity index is 0.620. The zero-order chi connectivity index (χ0) is 69.2. The summed E-state index contributed by atoms with van der Waals surface area (Å²) in [5.74, 6) is 3.72. The monoisotopic (exact) mass is 1670 g/mol. The Bertz CT molecular complexity index is 4480. The number of rotatable bonds is 15. The summed E-state index contributed by atoms with van der Waals surface area (Å²) >= 11 is 31.0. The molecule has 102 heavy (non-hydrogen) atoms. The molecule has 510 valence electrons. The van der Waals surface area contributed by atoms with E-state index in [2.05, 4.69) is 61.8 Å². The Morgan fingerprint density at radius 2 is 0.559 bits per heavy atom. The summed E-state index contributed by atoms with van der Waals surface area (Å²) in [5, 5.41) is 23.3. The van der Waals surface area contributed by atoms with E-state index in [1.807, 2.05) is 86.8 Å². The van der Waals surface area contributed by atoms with Crippen LogP contribution in [0.15, 0.2) is 210 Å². The lowest BCUT2D eigenvalue weighted by molar-refractivity contribution is -0.113. The summed E-state index contributed by atoms with van der Waals surface area (Å²) in [4.78, 5) is 114. The van der Waals surface area contributed by atoms with Crippen molar-refractivity contribution in [3.63, 3.8) is 0 Å². The summed E-state index contributed by atoms with van der Waals surface area (Å²) in [5.41, 5.74) is 4.07. The maximum Gasteiger partial charge on any atom is 0.263 e. The van der Waals surface area contributed by atoms with Gasteiger partial charge < -0.3 is 31.9 Å². The molecule has 0 atom stereocenters. The number of anilines is 6. The Labute approximate surface area is 659 Å². The summed E-state index contributed by atoms with van der Waals surface area (Å²) in [6.45, 7) is 0. The molecule has 9 aliphatic heterocycles. The highest BCUT2D eigenvalue weighted by Gasteiger charge is 2.35. The molecular weight excluding hydrogens is 1630 g/mol. The number of hydrogen-bond donors (Lipinski definition) is 6. The lowest BCUT2D eigenvalue weighted by Gasteiger charge is -2.15. The number of carbonyl (C=O) groups is 6. The maximum atomic E-state index is 14.8. The van der Waals surface area contributed by atoms with Crippen molar-refractivity contribution >= 4 is 281 Å². The molecule has 0 radical (unpaired) electrons. The number of carbonyl (C=O) groups excluding carboxylic acids is 6. The number of hydrogen-bond acceptors (Lipinski definition) is 30. The molecule has 6 aromatic heterocycles. The summed E-state index contributed by atoms with van der Waals surface area (Å²) in [6, 6.07) is 24.2. The zero-order valence-corrected chi connectivity index (χ0v) is 66.3. The van der Waals surface area contributed by atoms with E-state index in [4.69, 9.17) is 0 Å². The van der Waals surface area contributed by atoms with E-state index in [-0.39, 0.29) is 51.5 Å². The van der Waals surface area contributed by atoms with Crippen LogP contribution in [0.1, 0.15) is 31.1 Å². The number of nitrogens with zero attached hydrogens (tertiary/aromatic N) is 6. The third-order valence-electron chi connectivity index (χ3n) is 14.5. The van der Waals surface area contributed by atoms with Crippen LogP contribution in [0.25, 0.3) is 34.2 Å². The van der Waals surface area contributed by atoms with Crippen molar-refractivity contribution < 1.29 is 28.8 Å². The average Bonchev–Trinajstić information content (AvgIpc) is 1.79. The van der Waals surface area contributed by atoms with Gasteiger partial charge in [-0.3, -0.25) is 58.7 Å². The topological polar surface area (TPSA) is 252 Å². The van der Waals surface area contributed by atoms with Gasteiger partial charge in [-0.25, -0.2) is 0 Å². The fourth-order valence-corrected chi connectivity index (χ4v) is 35.2. The molecule has 0 fully saturated rings.